The van der Waals surface area contributed by atoms with Gasteiger partial charge in [-0.05, 0) is 44.0 Å². The molecule has 1 aromatic carbocycles. The molecule has 1 amide bonds. The van der Waals surface area contributed by atoms with Gasteiger partial charge in [-0.1, -0.05) is 29.9 Å². The van der Waals surface area contributed by atoms with Gasteiger partial charge in [0.1, 0.15) is 10.6 Å². The molecule has 2 rings (SSSR count). The van der Waals surface area contributed by atoms with Gasteiger partial charge in [0.15, 0.2) is 5.13 Å². The number of nitrogen functional groups attached to an aromatic ring is 1. The van der Waals surface area contributed by atoms with E-state index in [2.05, 4.69) is 15.5 Å². The maximum atomic E-state index is 12.1. The van der Waals surface area contributed by atoms with Gasteiger partial charge in [0, 0.05) is 0 Å². The van der Waals surface area contributed by atoms with E-state index in [0.29, 0.717) is 32.9 Å². The molecule has 1 heterocycles. The Balaban J connectivity index is 2.03. The number of carbonyl (C=O) groups is 1. The van der Waals surface area contributed by atoms with Gasteiger partial charge in [-0.15, -0.1) is 0 Å². The first-order valence-corrected chi connectivity index (χ1v) is 8.65. The first-order valence-electron chi connectivity index (χ1n) is 7.45. The highest BCUT2D eigenvalue weighted by Gasteiger charge is 2.15. The van der Waals surface area contributed by atoms with E-state index in [4.69, 9.17) is 22.1 Å². The van der Waals surface area contributed by atoms with Crippen molar-refractivity contribution in [2.75, 3.05) is 5.73 Å². The topological polar surface area (TPSA) is 89.6 Å². The highest BCUT2D eigenvalue weighted by Crippen LogP contribution is 2.26. The summed E-state index contributed by atoms with van der Waals surface area (Å²) in [5.74, 6) is 0.281. The van der Waals surface area contributed by atoms with Gasteiger partial charge < -0.3 is 10.5 Å². The predicted molar refractivity (Wildman–Crippen MR) is 98.2 cm³/mol. The number of nitrogens with one attached hydrogen (secondary N) is 1. The first-order chi connectivity index (χ1) is 11.4. The molecule has 0 unspecified atom stereocenters. The van der Waals surface area contributed by atoms with Crippen LogP contribution in [-0.2, 0) is 6.42 Å². The smallest absolute Gasteiger partial charge is 0.283 e. The number of aromatic nitrogens is 1. The van der Waals surface area contributed by atoms with Crippen LogP contribution >= 0.6 is 22.9 Å². The van der Waals surface area contributed by atoms with Gasteiger partial charge in [0.05, 0.1) is 23.0 Å². The van der Waals surface area contributed by atoms with Crippen LogP contribution in [0.2, 0.25) is 5.02 Å². The molecular weight excluding hydrogens is 348 g/mol. The zero-order valence-electron chi connectivity index (χ0n) is 13.7. The zero-order chi connectivity index (χ0) is 17.7. The van der Waals surface area contributed by atoms with Gasteiger partial charge in [0.25, 0.3) is 5.91 Å². The van der Waals surface area contributed by atoms with Crippen LogP contribution < -0.4 is 15.9 Å². The lowest BCUT2D eigenvalue weighted by molar-refractivity contribution is 0.0958. The van der Waals surface area contributed by atoms with Crippen molar-refractivity contribution in [3.63, 3.8) is 0 Å². The minimum atomic E-state index is -0.330. The molecule has 1 aromatic heterocycles. The molecule has 3 N–H and O–H groups in total. The second-order valence-electron chi connectivity index (χ2n) is 5.24. The van der Waals surface area contributed by atoms with Crippen molar-refractivity contribution in [2.24, 2.45) is 5.10 Å². The highest BCUT2D eigenvalue weighted by molar-refractivity contribution is 7.17. The Kier molecular flexibility index (Phi) is 6.16. The van der Waals surface area contributed by atoms with Crippen LogP contribution in [0.5, 0.6) is 5.75 Å². The van der Waals surface area contributed by atoms with Crippen molar-refractivity contribution in [1.29, 1.82) is 0 Å². The molecule has 0 radical (unpaired) electrons. The fourth-order valence-corrected chi connectivity index (χ4v) is 2.99. The minimum absolute atomic E-state index is 0.0425. The number of ether oxygens (including phenoxy) is 1. The summed E-state index contributed by atoms with van der Waals surface area (Å²) in [5.41, 5.74) is 9.53. The van der Waals surface area contributed by atoms with E-state index >= 15 is 0 Å². The Bertz CT molecular complexity index is 759. The maximum Gasteiger partial charge on any atom is 0.283 e. The van der Waals surface area contributed by atoms with E-state index in [1.807, 2.05) is 20.8 Å². The summed E-state index contributed by atoms with van der Waals surface area (Å²) in [6, 6.07) is 5.29. The second-order valence-corrected chi connectivity index (χ2v) is 6.67. The molecule has 0 bridgehead atoms. The average Bonchev–Trinajstić information content (AvgIpc) is 2.90. The number of halogens is 1. The molecule has 0 saturated heterocycles. The third-order valence-electron chi connectivity index (χ3n) is 2.95. The lowest BCUT2D eigenvalue weighted by atomic mass is 10.2. The number of hydrogen-bond acceptors (Lipinski definition) is 6. The number of amides is 1. The van der Waals surface area contributed by atoms with Crippen LogP contribution in [0.25, 0.3) is 0 Å². The van der Waals surface area contributed by atoms with Crippen molar-refractivity contribution in [2.45, 2.75) is 33.3 Å². The Morgan fingerprint density at radius 2 is 2.29 bits per heavy atom. The Labute approximate surface area is 149 Å². The van der Waals surface area contributed by atoms with Crippen molar-refractivity contribution in [3.05, 3.63) is 39.4 Å². The van der Waals surface area contributed by atoms with Crippen LogP contribution in [0, 0.1) is 0 Å². The summed E-state index contributed by atoms with van der Waals surface area (Å²) in [6.45, 7) is 5.77. The second kappa shape index (κ2) is 8.12. The lowest BCUT2D eigenvalue weighted by Gasteiger charge is -2.11. The van der Waals surface area contributed by atoms with Gasteiger partial charge in [-0.3, -0.25) is 4.79 Å². The summed E-state index contributed by atoms with van der Waals surface area (Å²) >= 11 is 7.31. The van der Waals surface area contributed by atoms with E-state index in [9.17, 15) is 4.79 Å². The number of nitrogens with two attached hydrogens (primary N) is 1. The fraction of sp³-hybridized carbons (Fsp3) is 0.312. The molecule has 6 nitrogen and oxygen atoms in total. The molecular formula is C16H19ClN4O2S. The number of thiazole rings is 1. The van der Waals surface area contributed by atoms with Crippen molar-refractivity contribution in [1.82, 2.24) is 10.4 Å². The average molecular weight is 367 g/mol. The van der Waals surface area contributed by atoms with Crippen LogP contribution in [-0.4, -0.2) is 23.2 Å². The molecule has 24 heavy (non-hydrogen) atoms. The molecule has 0 aliphatic carbocycles. The number of aryl methyl sites for hydroxylation is 1. The third kappa shape index (κ3) is 4.69. The normalized spacial score (nSPS) is 11.2. The van der Waals surface area contributed by atoms with Crippen molar-refractivity contribution >= 4 is 40.2 Å². The number of hydrazone groups is 1. The Morgan fingerprint density at radius 3 is 2.92 bits per heavy atom. The highest BCUT2D eigenvalue weighted by atomic mass is 35.5. The molecule has 0 fully saturated rings. The van der Waals surface area contributed by atoms with Gasteiger partial charge in [0.2, 0.25) is 0 Å². The molecule has 2 aromatic rings. The van der Waals surface area contributed by atoms with E-state index in [-0.39, 0.29) is 12.0 Å². The van der Waals surface area contributed by atoms with Gasteiger partial charge in [-0.2, -0.15) is 5.10 Å². The third-order valence-corrected chi connectivity index (χ3v) is 4.17. The van der Waals surface area contributed by atoms with E-state index in [1.165, 1.54) is 6.21 Å². The largest absolute Gasteiger partial charge is 0.489 e. The van der Waals surface area contributed by atoms with Crippen LogP contribution in [0.3, 0.4) is 0 Å². The quantitative estimate of drug-likeness (QED) is 0.604. The van der Waals surface area contributed by atoms with Gasteiger partial charge in [-0.25, -0.2) is 10.4 Å². The molecule has 128 valence electrons. The summed E-state index contributed by atoms with van der Waals surface area (Å²) in [6.07, 6.45) is 2.19. The number of rotatable bonds is 6. The van der Waals surface area contributed by atoms with Gasteiger partial charge >= 0.3 is 0 Å². The Hall–Kier alpha value is -2.12. The molecule has 0 aliphatic rings. The fourth-order valence-electron chi connectivity index (χ4n) is 1.95. The van der Waals surface area contributed by atoms with E-state index < -0.39 is 0 Å². The number of anilines is 1. The number of benzene rings is 1. The zero-order valence-corrected chi connectivity index (χ0v) is 15.2. The SMILES string of the molecule is CCc1nc(N)sc1C(=O)N/N=C\c1ccc(OC(C)C)c(Cl)c1. The Morgan fingerprint density at radius 1 is 1.54 bits per heavy atom. The molecule has 0 atom stereocenters. The van der Waals surface area contributed by atoms with E-state index in [0.717, 1.165) is 16.9 Å². The molecule has 8 heteroatoms. The number of hydrogen-bond donors (Lipinski definition) is 2. The summed E-state index contributed by atoms with van der Waals surface area (Å²) < 4.78 is 5.56. The summed E-state index contributed by atoms with van der Waals surface area (Å²) in [7, 11) is 0. The number of nitrogens with zero attached hydrogens (tertiary/aromatic N) is 2. The number of carbonyl (C=O) groups excluding carboxylic acids is 1. The van der Waals surface area contributed by atoms with E-state index in [1.54, 1.807) is 18.2 Å². The summed E-state index contributed by atoms with van der Waals surface area (Å²) in [4.78, 5) is 16.7. The molecule has 0 aliphatic heterocycles. The molecule has 0 spiro atoms. The predicted octanol–water partition coefficient (Wildman–Crippen LogP) is 3.49. The van der Waals surface area contributed by atoms with Crippen LogP contribution in [0.15, 0.2) is 23.3 Å². The van der Waals surface area contributed by atoms with Crippen LogP contribution in [0.1, 0.15) is 41.7 Å². The molecule has 0 saturated carbocycles. The van der Waals surface area contributed by atoms with Crippen molar-refractivity contribution < 1.29 is 9.53 Å². The maximum absolute atomic E-state index is 12.1. The monoisotopic (exact) mass is 366 g/mol. The van der Waals surface area contributed by atoms with Crippen LogP contribution in [0.4, 0.5) is 5.13 Å². The standard InChI is InChI=1S/C16H19ClN4O2S/c1-4-12-14(24-16(18)20-12)15(22)21-19-8-10-5-6-13(11(17)7-10)23-9(2)3/h5-9H,4H2,1-3H3,(H2,18,20)(H,21,22)/b19-8-. The minimum Gasteiger partial charge on any atom is -0.489 e. The lowest BCUT2D eigenvalue weighted by Crippen LogP contribution is -2.17. The first kappa shape index (κ1) is 18.2. The van der Waals surface area contributed by atoms with Crippen molar-refractivity contribution in [3.8, 4) is 5.75 Å². The summed E-state index contributed by atoms with van der Waals surface area (Å²) in [5, 5.41) is 4.81.